The van der Waals surface area contributed by atoms with Crippen LogP contribution in [0.1, 0.15) is 50.3 Å². The van der Waals surface area contributed by atoms with E-state index in [-0.39, 0.29) is 17.8 Å². The molecule has 0 saturated heterocycles. The van der Waals surface area contributed by atoms with Crippen LogP contribution in [0.4, 0.5) is 4.39 Å². The Hall–Kier alpha value is -2.23. The molecule has 0 fully saturated rings. The van der Waals surface area contributed by atoms with Crippen LogP contribution >= 0.6 is 0 Å². The third kappa shape index (κ3) is 6.11. The van der Waals surface area contributed by atoms with Gasteiger partial charge < -0.3 is 5.32 Å². The molecule has 2 rings (SSSR count). The number of aromatic nitrogens is 1. The van der Waals surface area contributed by atoms with E-state index in [4.69, 9.17) is 0 Å². The first kappa shape index (κ1) is 18.1. The highest BCUT2D eigenvalue weighted by atomic mass is 19.1. The average molecular weight is 328 g/mol. The molecule has 1 atom stereocenters. The summed E-state index contributed by atoms with van der Waals surface area (Å²) in [7, 11) is 0. The van der Waals surface area contributed by atoms with E-state index in [0.717, 1.165) is 30.4 Å². The van der Waals surface area contributed by atoms with Gasteiger partial charge in [-0.3, -0.25) is 9.78 Å². The second-order valence-electron chi connectivity index (χ2n) is 6.52. The summed E-state index contributed by atoms with van der Waals surface area (Å²) in [5.74, 6) is 0.297. The van der Waals surface area contributed by atoms with Crippen molar-refractivity contribution in [1.82, 2.24) is 10.3 Å². The van der Waals surface area contributed by atoms with E-state index >= 15 is 0 Å². The highest BCUT2D eigenvalue weighted by Crippen LogP contribution is 2.20. The number of nitrogens with zero attached hydrogens (tertiary/aromatic N) is 1. The van der Waals surface area contributed by atoms with Gasteiger partial charge in [0.05, 0.1) is 6.04 Å². The third-order valence-electron chi connectivity index (χ3n) is 3.91. The average Bonchev–Trinajstić information content (AvgIpc) is 2.56. The van der Waals surface area contributed by atoms with Gasteiger partial charge in [0.2, 0.25) is 5.91 Å². The summed E-state index contributed by atoms with van der Waals surface area (Å²) in [4.78, 5) is 16.4. The summed E-state index contributed by atoms with van der Waals surface area (Å²) in [6.45, 7) is 4.29. The molecule has 0 aliphatic carbocycles. The third-order valence-corrected chi connectivity index (χ3v) is 3.91. The Kier molecular flexibility index (Phi) is 6.91. The lowest BCUT2D eigenvalue weighted by Crippen LogP contribution is -2.29. The molecule has 1 aromatic heterocycles. The summed E-state index contributed by atoms with van der Waals surface area (Å²) in [5.41, 5.74) is 2.09. The molecule has 0 radical (unpaired) electrons. The number of aryl methyl sites for hydroxylation is 1. The number of hydrogen-bond acceptors (Lipinski definition) is 2. The Labute approximate surface area is 143 Å². The van der Waals surface area contributed by atoms with Crippen LogP contribution in [0.5, 0.6) is 0 Å². The first-order valence-electron chi connectivity index (χ1n) is 8.48. The number of nitrogens with one attached hydrogen (secondary N) is 1. The number of amides is 1. The molecule has 1 heterocycles. The van der Waals surface area contributed by atoms with Gasteiger partial charge in [-0.15, -0.1) is 0 Å². The van der Waals surface area contributed by atoms with Crippen LogP contribution in [0.15, 0.2) is 48.8 Å². The molecule has 1 amide bonds. The zero-order chi connectivity index (χ0) is 17.4. The van der Waals surface area contributed by atoms with Gasteiger partial charge in [-0.1, -0.05) is 32.0 Å². The van der Waals surface area contributed by atoms with Crippen molar-refractivity contribution in [2.45, 2.75) is 45.6 Å². The Morgan fingerprint density at radius 1 is 1.21 bits per heavy atom. The fourth-order valence-electron chi connectivity index (χ4n) is 2.70. The lowest BCUT2D eigenvalue weighted by Gasteiger charge is -2.21. The number of carbonyl (C=O) groups is 1. The first-order valence-corrected chi connectivity index (χ1v) is 8.48. The van der Waals surface area contributed by atoms with Crippen LogP contribution in [-0.2, 0) is 11.2 Å². The Morgan fingerprint density at radius 3 is 2.58 bits per heavy atom. The van der Waals surface area contributed by atoms with Crippen molar-refractivity contribution in [3.05, 3.63) is 65.7 Å². The Balaban J connectivity index is 1.85. The molecule has 128 valence electrons. The zero-order valence-corrected chi connectivity index (χ0v) is 14.3. The highest BCUT2D eigenvalue weighted by Gasteiger charge is 2.16. The van der Waals surface area contributed by atoms with Gasteiger partial charge >= 0.3 is 0 Å². The summed E-state index contributed by atoms with van der Waals surface area (Å²) in [6, 6.07) is 10.3. The quantitative estimate of drug-likeness (QED) is 0.778. The van der Waals surface area contributed by atoms with Gasteiger partial charge in [0, 0.05) is 18.8 Å². The van der Waals surface area contributed by atoms with E-state index in [1.54, 1.807) is 18.3 Å². The number of rotatable bonds is 8. The lowest BCUT2D eigenvalue weighted by molar-refractivity contribution is -0.122. The number of hydrogen-bond donors (Lipinski definition) is 1. The van der Waals surface area contributed by atoms with E-state index in [1.807, 2.05) is 18.3 Å². The predicted octanol–water partition coefficient (Wildman–Crippen LogP) is 4.45. The van der Waals surface area contributed by atoms with Crippen LogP contribution in [0.25, 0.3) is 0 Å². The second kappa shape index (κ2) is 9.16. The van der Waals surface area contributed by atoms with Crippen molar-refractivity contribution in [2.24, 2.45) is 5.92 Å². The second-order valence-corrected chi connectivity index (χ2v) is 6.52. The van der Waals surface area contributed by atoms with Crippen molar-refractivity contribution in [2.75, 3.05) is 0 Å². The van der Waals surface area contributed by atoms with Gasteiger partial charge in [0.15, 0.2) is 0 Å². The van der Waals surface area contributed by atoms with Gasteiger partial charge in [0.1, 0.15) is 5.82 Å². The Bertz CT molecular complexity index is 626. The summed E-state index contributed by atoms with van der Waals surface area (Å²) in [6.07, 6.45) is 6.42. The van der Waals surface area contributed by atoms with E-state index in [0.29, 0.717) is 12.3 Å². The van der Waals surface area contributed by atoms with Crippen molar-refractivity contribution in [1.29, 1.82) is 0 Å². The minimum atomic E-state index is -0.232. The normalized spacial score (nSPS) is 12.2. The molecule has 1 unspecified atom stereocenters. The van der Waals surface area contributed by atoms with E-state index in [2.05, 4.69) is 24.1 Å². The molecule has 1 aromatic carbocycles. The maximum absolute atomic E-state index is 12.9. The summed E-state index contributed by atoms with van der Waals surface area (Å²) in [5, 5.41) is 3.12. The molecule has 1 N–H and O–H groups in total. The van der Waals surface area contributed by atoms with E-state index in [1.165, 1.54) is 12.1 Å². The monoisotopic (exact) mass is 328 g/mol. The van der Waals surface area contributed by atoms with Crippen LogP contribution in [0, 0.1) is 11.7 Å². The van der Waals surface area contributed by atoms with Crippen molar-refractivity contribution < 1.29 is 9.18 Å². The lowest BCUT2D eigenvalue weighted by atomic mass is 9.98. The molecule has 0 spiro atoms. The minimum absolute atomic E-state index is 0.00276. The fourth-order valence-corrected chi connectivity index (χ4v) is 2.70. The zero-order valence-electron chi connectivity index (χ0n) is 14.3. The van der Waals surface area contributed by atoms with Gasteiger partial charge in [-0.05, 0) is 54.5 Å². The molecule has 0 saturated carbocycles. The molecular formula is C20H25FN2O. The Morgan fingerprint density at radius 2 is 1.96 bits per heavy atom. The van der Waals surface area contributed by atoms with Crippen molar-refractivity contribution >= 4 is 5.91 Å². The SMILES string of the molecule is CC(C)CC(NC(=O)CCCc1ccc(F)cc1)c1cccnc1. The summed E-state index contributed by atoms with van der Waals surface area (Å²) >= 11 is 0. The van der Waals surface area contributed by atoms with Crippen LogP contribution in [0.3, 0.4) is 0 Å². The first-order chi connectivity index (χ1) is 11.5. The standard InChI is InChI=1S/C20H25FN2O/c1-15(2)13-19(17-6-4-12-22-14-17)23-20(24)7-3-5-16-8-10-18(21)11-9-16/h4,6,8-12,14-15,19H,3,5,7,13H2,1-2H3,(H,23,24). The molecule has 0 bridgehead atoms. The van der Waals surface area contributed by atoms with Crippen molar-refractivity contribution in [3.63, 3.8) is 0 Å². The molecule has 0 aliphatic rings. The topological polar surface area (TPSA) is 42.0 Å². The number of pyridine rings is 1. The molecule has 3 nitrogen and oxygen atoms in total. The van der Waals surface area contributed by atoms with Gasteiger partial charge in [-0.25, -0.2) is 4.39 Å². The maximum atomic E-state index is 12.9. The minimum Gasteiger partial charge on any atom is -0.349 e. The van der Waals surface area contributed by atoms with Crippen LogP contribution < -0.4 is 5.32 Å². The maximum Gasteiger partial charge on any atom is 0.220 e. The number of carbonyl (C=O) groups excluding carboxylic acids is 1. The van der Waals surface area contributed by atoms with Crippen LogP contribution in [0.2, 0.25) is 0 Å². The van der Waals surface area contributed by atoms with Gasteiger partial charge in [0.25, 0.3) is 0 Å². The highest BCUT2D eigenvalue weighted by molar-refractivity contribution is 5.76. The molecule has 2 aromatic rings. The van der Waals surface area contributed by atoms with Crippen molar-refractivity contribution in [3.8, 4) is 0 Å². The fraction of sp³-hybridized carbons (Fsp3) is 0.400. The van der Waals surface area contributed by atoms with Gasteiger partial charge in [-0.2, -0.15) is 0 Å². The summed E-state index contributed by atoms with van der Waals surface area (Å²) < 4.78 is 12.9. The molecular weight excluding hydrogens is 303 g/mol. The smallest absolute Gasteiger partial charge is 0.220 e. The molecule has 0 aliphatic heterocycles. The number of halogens is 1. The largest absolute Gasteiger partial charge is 0.349 e. The van der Waals surface area contributed by atoms with Crippen LogP contribution in [-0.4, -0.2) is 10.9 Å². The van der Waals surface area contributed by atoms with E-state index in [9.17, 15) is 9.18 Å². The molecule has 24 heavy (non-hydrogen) atoms. The number of benzene rings is 1. The molecule has 4 heteroatoms. The van der Waals surface area contributed by atoms with E-state index < -0.39 is 0 Å². The predicted molar refractivity (Wildman–Crippen MR) is 93.9 cm³/mol.